The van der Waals surface area contributed by atoms with Crippen LogP contribution in [0.2, 0.25) is 0 Å². The van der Waals surface area contributed by atoms with Gasteiger partial charge < -0.3 is 0 Å². The molecule has 2 unspecified atom stereocenters. The minimum absolute atomic E-state index is 0.264. The largest absolute Gasteiger partial charge is 0.300 e. The van der Waals surface area contributed by atoms with Crippen LogP contribution in [0.3, 0.4) is 0 Å². The molecule has 1 aromatic rings. The van der Waals surface area contributed by atoms with Gasteiger partial charge in [0.15, 0.2) is 5.78 Å². The van der Waals surface area contributed by atoms with E-state index in [1.807, 2.05) is 24.3 Å². The van der Waals surface area contributed by atoms with E-state index in [2.05, 4.69) is 20.8 Å². The molecule has 0 spiro atoms. The van der Waals surface area contributed by atoms with Gasteiger partial charge in [0.2, 0.25) is 0 Å². The highest BCUT2D eigenvalue weighted by molar-refractivity contribution is 9.10. The van der Waals surface area contributed by atoms with Gasteiger partial charge in [-0.3, -0.25) is 9.69 Å². The van der Waals surface area contributed by atoms with Crippen molar-refractivity contribution in [1.29, 1.82) is 0 Å². The summed E-state index contributed by atoms with van der Waals surface area (Å²) in [6.45, 7) is 2.12. The molecule has 21 heavy (non-hydrogen) atoms. The summed E-state index contributed by atoms with van der Waals surface area (Å²) in [5, 5.41) is 0. The number of ketones is 1. The van der Waals surface area contributed by atoms with E-state index in [1.165, 1.54) is 45.1 Å². The van der Waals surface area contributed by atoms with Crippen molar-refractivity contribution in [2.24, 2.45) is 5.92 Å². The maximum Gasteiger partial charge on any atom is 0.165 e. The Labute approximate surface area is 136 Å². The second-order valence-corrected chi connectivity index (χ2v) is 7.30. The van der Waals surface area contributed by atoms with Crippen LogP contribution in [0.1, 0.15) is 55.3 Å². The summed E-state index contributed by atoms with van der Waals surface area (Å²) in [7, 11) is 0. The van der Waals surface area contributed by atoms with Gasteiger partial charge in [0, 0.05) is 29.0 Å². The molecule has 0 aromatic heterocycles. The number of fused-ring (bicyclic) bond motifs is 1. The van der Waals surface area contributed by atoms with E-state index in [1.54, 1.807) is 0 Å². The second kappa shape index (κ2) is 7.06. The molecule has 0 N–H and O–H groups in total. The van der Waals surface area contributed by atoms with Gasteiger partial charge in [-0.2, -0.15) is 0 Å². The SMILES string of the molecule is O=C(CCN1CCCC2CCCCC21)c1ccccc1Br. The lowest BCUT2D eigenvalue weighted by Crippen LogP contribution is -2.47. The lowest BCUT2D eigenvalue weighted by atomic mass is 9.78. The molecule has 1 saturated carbocycles. The lowest BCUT2D eigenvalue weighted by molar-refractivity contribution is 0.0575. The van der Waals surface area contributed by atoms with Gasteiger partial charge in [0.25, 0.3) is 0 Å². The molecule has 1 aliphatic heterocycles. The van der Waals surface area contributed by atoms with Crippen LogP contribution in [0.15, 0.2) is 28.7 Å². The highest BCUT2D eigenvalue weighted by atomic mass is 79.9. The number of carbonyl (C=O) groups excluding carboxylic acids is 1. The molecular formula is C18H24BrNO. The summed E-state index contributed by atoms with van der Waals surface area (Å²) in [5.74, 6) is 1.16. The molecule has 0 radical (unpaired) electrons. The van der Waals surface area contributed by atoms with E-state index in [0.717, 1.165) is 28.5 Å². The number of Topliss-reactive ketones (excluding diaryl/α,β-unsaturated/α-hetero) is 1. The molecule has 1 aromatic carbocycles. The third-order valence-electron chi connectivity index (χ3n) is 5.16. The van der Waals surface area contributed by atoms with Crippen molar-refractivity contribution < 1.29 is 4.79 Å². The first-order valence-electron chi connectivity index (χ1n) is 8.27. The third kappa shape index (κ3) is 3.57. The fourth-order valence-corrected chi connectivity index (χ4v) is 4.58. The fraction of sp³-hybridized carbons (Fsp3) is 0.611. The van der Waals surface area contributed by atoms with E-state index < -0.39 is 0 Å². The van der Waals surface area contributed by atoms with Crippen molar-refractivity contribution in [3.05, 3.63) is 34.3 Å². The molecule has 3 heteroatoms. The van der Waals surface area contributed by atoms with Crippen molar-refractivity contribution in [2.75, 3.05) is 13.1 Å². The molecule has 114 valence electrons. The van der Waals surface area contributed by atoms with Crippen molar-refractivity contribution in [3.8, 4) is 0 Å². The van der Waals surface area contributed by atoms with E-state index in [-0.39, 0.29) is 5.78 Å². The van der Waals surface area contributed by atoms with E-state index in [9.17, 15) is 4.79 Å². The van der Waals surface area contributed by atoms with Crippen LogP contribution < -0.4 is 0 Å². The Morgan fingerprint density at radius 1 is 1.14 bits per heavy atom. The fourth-order valence-electron chi connectivity index (χ4n) is 4.07. The number of likely N-dealkylation sites (tertiary alicyclic amines) is 1. The number of rotatable bonds is 4. The van der Waals surface area contributed by atoms with Crippen LogP contribution in [-0.4, -0.2) is 29.8 Å². The Hall–Kier alpha value is -0.670. The van der Waals surface area contributed by atoms with Gasteiger partial charge in [-0.25, -0.2) is 0 Å². The minimum atomic E-state index is 0.264. The smallest absolute Gasteiger partial charge is 0.165 e. The average molecular weight is 350 g/mol. The van der Waals surface area contributed by atoms with Crippen LogP contribution in [0.5, 0.6) is 0 Å². The molecule has 0 bridgehead atoms. The van der Waals surface area contributed by atoms with Gasteiger partial charge in [0.05, 0.1) is 0 Å². The molecule has 2 atom stereocenters. The van der Waals surface area contributed by atoms with Crippen LogP contribution in [0.4, 0.5) is 0 Å². The number of benzene rings is 1. The van der Waals surface area contributed by atoms with Crippen LogP contribution >= 0.6 is 15.9 Å². The Morgan fingerprint density at radius 3 is 2.76 bits per heavy atom. The normalized spacial score (nSPS) is 26.3. The number of piperidine rings is 1. The molecule has 2 fully saturated rings. The first kappa shape index (κ1) is 15.2. The molecule has 2 nitrogen and oxygen atoms in total. The van der Waals surface area contributed by atoms with Crippen LogP contribution in [0, 0.1) is 5.92 Å². The van der Waals surface area contributed by atoms with Gasteiger partial charge in [-0.1, -0.05) is 47.0 Å². The molecule has 1 heterocycles. The van der Waals surface area contributed by atoms with Crippen molar-refractivity contribution in [3.63, 3.8) is 0 Å². The van der Waals surface area contributed by atoms with Crippen LogP contribution in [0.25, 0.3) is 0 Å². The molecular weight excluding hydrogens is 326 g/mol. The lowest BCUT2D eigenvalue weighted by Gasteiger charge is -2.44. The predicted octanol–water partition coefficient (Wildman–Crippen LogP) is 4.68. The van der Waals surface area contributed by atoms with Gasteiger partial charge in [-0.15, -0.1) is 0 Å². The number of hydrogen-bond acceptors (Lipinski definition) is 2. The summed E-state index contributed by atoms with van der Waals surface area (Å²) in [4.78, 5) is 15.0. The van der Waals surface area contributed by atoms with Crippen molar-refractivity contribution in [2.45, 2.75) is 51.0 Å². The summed E-state index contributed by atoms with van der Waals surface area (Å²) >= 11 is 3.48. The first-order valence-corrected chi connectivity index (χ1v) is 9.07. The zero-order valence-corrected chi connectivity index (χ0v) is 14.1. The van der Waals surface area contributed by atoms with Gasteiger partial charge in [0.1, 0.15) is 0 Å². The Balaban J connectivity index is 1.59. The summed E-state index contributed by atoms with van der Waals surface area (Å²) < 4.78 is 0.921. The number of halogens is 1. The monoisotopic (exact) mass is 349 g/mol. The first-order chi connectivity index (χ1) is 10.3. The maximum atomic E-state index is 12.4. The van der Waals surface area contributed by atoms with Gasteiger partial charge in [-0.05, 0) is 44.2 Å². The second-order valence-electron chi connectivity index (χ2n) is 6.44. The van der Waals surface area contributed by atoms with E-state index in [0.29, 0.717) is 6.42 Å². The zero-order chi connectivity index (χ0) is 14.7. The highest BCUT2D eigenvalue weighted by Gasteiger charge is 2.33. The summed E-state index contributed by atoms with van der Waals surface area (Å²) in [6, 6.07) is 8.52. The van der Waals surface area contributed by atoms with Crippen molar-refractivity contribution >= 4 is 21.7 Å². The Kier molecular flexibility index (Phi) is 5.12. The predicted molar refractivity (Wildman–Crippen MR) is 89.6 cm³/mol. The number of hydrogen-bond donors (Lipinski definition) is 0. The average Bonchev–Trinajstić information content (AvgIpc) is 2.53. The molecule has 3 rings (SSSR count). The number of nitrogens with zero attached hydrogens (tertiary/aromatic N) is 1. The van der Waals surface area contributed by atoms with Gasteiger partial charge >= 0.3 is 0 Å². The maximum absolute atomic E-state index is 12.4. The summed E-state index contributed by atoms with van der Waals surface area (Å²) in [5.41, 5.74) is 0.828. The standard InChI is InChI=1S/C18H24BrNO/c19-16-9-3-2-8-15(16)18(21)11-13-20-12-5-7-14-6-1-4-10-17(14)20/h2-3,8-9,14,17H,1,4-7,10-13H2. The minimum Gasteiger partial charge on any atom is -0.300 e. The van der Waals surface area contributed by atoms with E-state index >= 15 is 0 Å². The zero-order valence-electron chi connectivity index (χ0n) is 12.6. The topological polar surface area (TPSA) is 20.3 Å². The molecule has 1 saturated heterocycles. The molecule has 1 aliphatic carbocycles. The van der Waals surface area contributed by atoms with E-state index in [4.69, 9.17) is 0 Å². The van der Waals surface area contributed by atoms with Crippen LogP contribution in [-0.2, 0) is 0 Å². The molecule has 0 amide bonds. The third-order valence-corrected chi connectivity index (χ3v) is 5.85. The highest BCUT2D eigenvalue weighted by Crippen LogP contribution is 2.35. The van der Waals surface area contributed by atoms with Crippen molar-refractivity contribution in [1.82, 2.24) is 4.90 Å². The molecule has 2 aliphatic rings. The summed E-state index contributed by atoms with van der Waals surface area (Å²) in [6.07, 6.45) is 8.88. The Morgan fingerprint density at radius 2 is 1.90 bits per heavy atom. The quantitative estimate of drug-likeness (QED) is 0.735. The Bertz CT molecular complexity index is 500. The number of carbonyl (C=O) groups is 1.